The highest BCUT2D eigenvalue weighted by molar-refractivity contribution is 7.80. The number of hydrogen-bond acceptors (Lipinski definition) is 1. The summed E-state index contributed by atoms with van der Waals surface area (Å²) in [5.74, 6) is 0. The summed E-state index contributed by atoms with van der Waals surface area (Å²) in [6.45, 7) is 4.24. The summed E-state index contributed by atoms with van der Waals surface area (Å²) in [7, 11) is 1.83. The molecule has 0 amide bonds. The van der Waals surface area contributed by atoms with Crippen LogP contribution in [0.5, 0.6) is 0 Å². The number of aryl methyl sites for hydroxylation is 1. The summed E-state index contributed by atoms with van der Waals surface area (Å²) in [5.41, 5.74) is 2.56. The molecular weight excluding hydrogens is 204 g/mol. The van der Waals surface area contributed by atoms with E-state index in [0.29, 0.717) is 11.2 Å². The Hall–Kier alpha value is -1.09. The first-order valence-electron chi connectivity index (χ1n) is 5.22. The van der Waals surface area contributed by atoms with Crippen LogP contribution in [0.25, 0.3) is 0 Å². The van der Waals surface area contributed by atoms with Crippen molar-refractivity contribution in [3.05, 3.63) is 35.4 Å². The van der Waals surface area contributed by atoms with Gasteiger partial charge in [0.05, 0.1) is 6.04 Å². The van der Waals surface area contributed by atoms with Gasteiger partial charge in [-0.2, -0.15) is 0 Å². The van der Waals surface area contributed by atoms with Gasteiger partial charge in [0.25, 0.3) is 0 Å². The van der Waals surface area contributed by atoms with E-state index < -0.39 is 0 Å². The Bertz CT molecular complexity index is 319. The van der Waals surface area contributed by atoms with E-state index >= 15 is 0 Å². The van der Waals surface area contributed by atoms with Gasteiger partial charge >= 0.3 is 0 Å². The molecule has 0 saturated heterocycles. The van der Waals surface area contributed by atoms with Crippen LogP contribution in [0, 0.1) is 6.92 Å². The molecule has 1 rings (SSSR count). The first-order valence-corrected chi connectivity index (χ1v) is 5.63. The van der Waals surface area contributed by atoms with Crippen LogP contribution < -0.4 is 10.6 Å². The maximum absolute atomic E-state index is 5.10. The Morgan fingerprint density at radius 3 is 2.40 bits per heavy atom. The molecule has 82 valence electrons. The largest absolute Gasteiger partial charge is 0.366 e. The van der Waals surface area contributed by atoms with E-state index in [2.05, 4.69) is 48.7 Å². The standard InChI is InChI=1S/C12H18N2S/c1-4-11(14-12(15)13-3)10-7-5-9(2)6-8-10/h5-8,11H,4H2,1-3H3,(H2,13,14,15)/t11-/m0/s1. The fourth-order valence-corrected chi connectivity index (χ4v) is 1.59. The van der Waals surface area contributed by atoms with Gasteiger partial charge in [0, 0.05) is 7.05 Å². The first-order chi connectivity index (χ1) is 7.17. The second kappa shape index (κ2) is 5.71. The lowest BCUT2D eigenvalue weighted by Gasteiger charge is -2.19. The van der Waals surface area contributed by atoms with Crippen molar-refractivity contribution in [2.45, 2.75) is 26.3 Å². The molecule has 0 radical (unpaired) electrons. The molecule has 15 heavy (non-hydrogen) atoms. The zero-order valence-corrected chi connectivity index (χ0v) is 10.3. The molecule has 2 N–H and O–H groups in total. The normalized spacial score (nSPS) is 11.9. The van der Waals surface area contributed by atoms with Gasteiger partial charge in [-0.25, -0.2) is 0 Å². The summed E-state index contributed by atoms with van der Waals surface area (Å²) < 4.78 is 0. The quantitative estimate of drug-likeness (QED) is 0.769. The minimum atomic E-state index is 0.297. The van der Waals surface area contributed by atoms with E-state index in [0.717, 1.165) is 6.42 Å². The number of rotatable bonds is 3. The van der Waals surface area contributed by atoms with Crippen molar-refractivity contribution in [3.63, 3.8) is 0 Å². The summed E-state index contributed by atoms with van der Waals surface area (Å²) in [6, 6.07) is 8.85. The van der Waals surface area contributed by atoms with Gasteiger partial charge in [-0.05, 0) is 31.1 Å². The Kier molecular flexibility index (Phi) is 4.56. The molecule has 2 nitrogen and oxygen atoms in total. The number of hydrogen-bond donors (Lipinski definition) is 2. The van der Waals surface area contributed by atoms with Gasteiger partial charge in [0.15, 0.2) is 5.11 Å². The van der Waals surface area contributed by atoms with E-state index in [9.17, 15) is 0 Å². The molecule has 1 aromatic rings. The smallest absolute Gasteiger partial charge is 0.166 e. The second-order valence-corrected chi connectivity index (χ2v) is 4.00. The van der Waals surface area contributed by atoms with Crippen molar-refractivity contribution in [1.82, 2.24) is 10.6 Å². The van der Waals surface area contributed by atoms with E-state index in [1.807, 2.05) is 7.05 Å². The molecule has 0 bridgehead atoms. The zero-order chi connectivity index (χ0) is 11.3. The van der Waals surface area contributed by atoms with Crippen molar-refractivity contribution in [3.8, 4) is 0 Å². The third-order valence-electron chi connectivity index (χ3n) is 2.42. The summed E-state index contributed by atoms with van der Waals surface area (Å²) in [6.07, 6.45) is 1.02. The Labute approximate surface area is 97.1 Å². The molecule has 0 saturated carbocycles. The van der Waals surface area contributed by atoms with E-state index in [1.165, 1.54) is 11.1 Å². The van der Waals surface area contributed by atoms with Gasteiger partial charge in [0.1, 0.15) is 0 Å². The van der Waals surface area contributed by atoms with E-state index in [4.69, 9.17) is 12.2 Å². The summed E-state index contributed by atoms with van der Waals surface area (Å²) in [5, 5.41) is 6.90. The molecule has 0 aliphatic heterocycles. The van der Waals surface area contributed by atoms with E-state index in [1.54, 1.807) is 0 Å². The average Bonchev–Trinajstić information content (AvgIpc) is 2.27. The van der Waals surface area contributed by atoms with Crippen molar-refractivity contribution >= 4 is 17.3 Å². The van der Waals surface area contributed by atoms with Crippen LogP contribution in [0.2, 0.25) is 0 Å². The molecule has 0 unspecified atom stereocenters. The molecule has 0 aromatic heterocycles. The Morgan fingerprint density at radius 1 is 1.33 bits per heavy atom. The lowest BCUT2D eigenvalue weighted by atomic mass is 10.0. The van der Waals surface area contributed by atoms with Gasteiger partial charge < -0.3 is 10.6 Å². The molecule has 1 aromatic carbocycles. The maximum Gasteiger partial charge on any atom is 0.166 e. The maximum atomic E-state index is 5.10. The number of benzene rings is 1. The van der Waals surface area contributed by atoms with E-state index in [-0.39, 0.29) is 0 Å². The predicted molar refractivity (Wildman–Crippen MR) is 69.0 cm³/mol. The Morgan fingerprint density at radius 2 is 1.93 bits per heavy atom. The molecule has 1 atom stereocenters. The molecule has 0 aliphatic rings. The van der Waals surface area contributed by atoms with Gasteiger partial charge in [-0.15, -0.1) is 0 Å². The van der Waals surface area contributed by atoms with Crippen molar-refractivity contribution < 1.29 is 0 Å². The third kappa shape index (κ3) is 3.51. The number of thiocarbonyl (C=S) groups is 1. The summed E-state index contributed by atoms with van der Waals surface area (Å²) >= 11 is 5.10. The fraction of sp³-hybridized carbons (Fsp3) is 0.417. The average molecular weight is 222 g/mol. The van der Waals surface area contributed by atoms with Crippen molar-refractivity contribution in [2.24, 2.45) is 0 Å². The van der Waals surface area contributed by atoms with Crippen LogP contribution in [0.3, 0.4) is 0 Å². The fourth-order valence-electron chi connectivity index (χ4n) is 1.45. The molecule has 0 spiro atoms. The van der Waals surface area contributed by atoms with Crippen molar-refractivity contribution in [1.29, 1.82) is 0 Å². The highest BCUT2D eigenvalue weighted by atomic mass is 32.1. The lowest BCUT2D eigenvalue weighted by Crippen LogP contribution is -2.35. The van der Waals surface area contributed by atoms with Crippen LogP contribution in [0.4, 0.5) is 0 Å². The van der Waals surface area contributed by atoms with Gasteiger partial charge in [-0.1, -0.05) is 36.8 Å². The molecular formula is C12H18N2S. The predicted octanol–water partition coefficient (Wildman–Crippen LogP) is 2.54. The van der Waals surface area contributed by atoms with Crippen molar-refractivity contribution in [2.75, 3.05) is 7.05 Å². The minimum absolute atomic E-state index is 0.297. The highest BCUT2D eigenvalue weighted by Gasteiger charge is 2.08. The second-order valence-electron chi connectivity index (χ2n) is 3.59. The minimum Gasteiger partial charge on any atom is -0.366 e. The monoisotopic (exact) mass is 222 g/mol. The van der Waals surface area contributed by atoms with Crippen LogP contribution >= 0.6 is 12.2 Å². The number of nitrogens with one attached hydrogen (secondary N) is 2. The van der Waals surface area contributed by atoms with Crippen LogP contribution in [0.15, 0.2) is 24.3 Å². The molecule has 0 heterocycles. The summed E-state index contributed by atoms with van der Waals surface area (Å²) in [4.78, 5) is 0. The molecule has 0 fully saturated rings. The lowest BCUT2D eigenvalue weighted by molar-refractivity contribution is 0.621. The van der Waals surface area contributed by atoms with Gasteiger partial charge in [-0.3, -0.25) is 0 Å². The highest BCUT2D eigenvalue weighted by Crippen LogP contribution is 2.16. The molecule has 3 heteroatoms. The topological polar surface area (TPSA) is 24.1 Å². The van der Waals surface area contributed by atoms with Crippen LogP contribution in [-0.4, -0.2) is 12.2 Å². The third-order valence-corrected chi connectivity index (χ3v) is 2.74. The first kappa shape index (κ1) is 12.0. The Balaban J connectivity index is 2.74. The van der Waals surface area contributed by atoms with Crippen LogP contribution in [0.1, 0.15) is 30.5 Å². The molecule has 0 aliphatic carbocycles. The SMILES string of the molecule is CC[C@H](NC(=S)NC)c1ccc(C)cc1. The van der Waals surface area contributed by atoms with Gasteiger partial charge in [0.2, 0.25) is 0 Å². The van der Waals surface area contributed by atoms with Crippen LogP contribution in [-0.2, 0) is 0 Å². The zero-order valence-electron chi connectivity index (χ0n) is 9.50.